The molecule has 17 heteroatoms. The zero-order valence-electron chi connectivity index (χ0n) is 46.3. The topological polar surface area (TPSA) is 225 Å². The first-order valence-electron chi connectivity index (χ1n) is 29.0. The first-order valence-corrected chi connectivity index (χ1v) is 32.0. The van der Waals surface area contributed by atoms with E-state index in [1.807, 2.05) is 0 Å². The summed E-state index contributed by atoms with van der Waals surface area (Å²) in [6.07, 6.45) is 53.7. The van der Waals surface area contributed by atoms with Crippen molar-refractivity contribution in [1.29, 1.82) is 0 Å². The summed E-state index contributed by atoms with van der Waals surface area (Å²) >= 11 is 0. The third-order valence-corrected chi connectivity index (χ3v) is 14.2. The lowest BCUT2D eigenvalue weighted by Gasteiger charge is -2.19. The molecule has 0 saturated carbocycles. The number of allylic oxidation sites excluding steroid dienone is 8. The van der Waals surface area contributed by atoms with Gasteiger partial charge >= 0.3 is 27.6 Å². The molecule has 0 amide bonds. The average Bonchev–Trinajstić information content (AvgIpc) is 3.38. The third-order valence-electron chi connectivity index (χ3n) is 12.3. The second-order valence-electron chi connectivity index (χ2n) is 19.7. The van der Waals surface area contributed by atoms with Gasteiger partial charge < -0.3 is 34.6 Å². The Morgan fingerprint density at radius 1 is 0.351 bits per heavy atom. The van der Waals surface area contributed by atoms with Crippen molar-refractivity contribution in [3.63, 3.8) is 0 Å². The van der Waals surface area contributed by atoms with Crippen LogP contribution in [0.1, 0.15) is 245 Å². The van der Waals surface area contributed by atoms with Gasteiger partial charge in [-0.15, -0.1) is 0 Å². The first-order chi connectivity index (χ1) is 35.8. The quantitative estimate of drug-likeness (QED) is 0.0165. The highest BCUT2D eigenvalue weighted by atomic mass is 31.2. The number of aliphatic hydroxyl groups is 3. The lowest BCUT2D eigenvalue weighted by atomic mass is 10.0. The smallest absolute Gasteiger partial charge is 0.463 e. The highest BCUT2D eigenvalue weighted by Crippen LogP contribution is 2.45. The molecule has 0 radical (unpaired) electrons. The number of rotatable bonds is 56. The molecule has 5 N–H and O–H groups in total. The molecule has 0 saturated heterocycles. The molecule has 0 aromatic rings. The molecule has 0 rings (SSSR count). The third kappa shape index (κ3) is 54.8. The number of hydrogen-bond acceptors (Lipinski definition) is 13. The van der Waals surface area contributed by atoms with Crippen LogP contribution < -0.4 is 0 Å². The van der Waals surface area contributed by atoms with E-state index in [-0.39, 0.29) is 12.8 Å². The molecule has 0 fully saturated rings. The van der Waals surface area contributed by atoms with E-state index < -0.39 is 85.5 Å². The van der Waals surface area contributed by atoms with E-state index in [1.165, 1.54) is 141 Å². The van der Waals surface area contributed by atoms with Gasteiger partial charge in [0.05, 0.1) is 26.4 Å². The Balaban J connectivity index is 3.80. The molecule has 434 valence electrons. The van der Waals surface area contributed by atoms with Crippen LogP contribution in [0.15, 0.2) is 48.6 Å². The molecule has 15 nitrogen and oxygen atoms in total. The van der Waals surface area contributed by atoms with Gasteiger partial charge in [-0.3, -0.25) is 27.7 Å². The van der Waals surface area contributed by atoms with Crippen molar-refractivity contribution < 1.29 is 71.4 Å². The van der Waals surface area contributed by atoms with E-state index >= 15 is 0 Å². The van der Waals surface area contributed by atoms with Crippen LogP contribution in [0.3, 0.4) is 0 Å². The number of hydrogen-bond donors (Lipinski definition) is 5. The van der Waals surface area contributed by atoms with Crippen LogP contribution in [0.2, 0.25) is 0 Å². The van der Waals surface area contributed by atoms with Gasteiger partial charge in [0.15, 0.2) is 0 Å². The normalized spacial score (nSPS) is 15.1. The van der Waals surface area contributed by atoms with Crippen LogP contribution >= 0.6 is 15.6 Å². The highest BCUT2D eigenvalue weighted by Gasteiger charge is 2.28. The number of phosphoric acid groups is 2. The molecule has 4 unspecified atom stereocenters. The highest BCUT2D eigenvalue weighted by molar-refractivity contribution is 7.47. The van der Waals surface area contributed by atoms with Crippen LogP contribution in [0, 0.1) is 0 Å². The minimum Gasteiger partial charge on any atom is -0.463 e. The Hall–Kier alpha value is -2.00. The fourth-order valence-corrected chi connectivity index (χ4v) is 9.34. The number of carbonyl (C=O) groups is 2. The maximum atomic E-state index is 12.2. The van der Waals surface area contributed by atoms with Crippen molar-refractivity contribution in [2.45, 2.75) is 263 Å². The average molecular weight is 1090 g/mol. The summed E-state index contributed by atoms with van der Waals surface area (Å²) in [7, 11) is -9.58. The molecule has 0 aliphatic heterocycles. The maximum Gasteiger partial charge on any atom is 0.472 e. The van der Waals surface area contributed by atoms with Gasteiger partial charge in [-0.2, -0.15) is 0 Å². The van der Waals surface area contributed by atoms with Gasteiger partial charge in [-0.1, -0.05) is 204 Å². The van der Waals surface area contributed by atoms with Crippen LogP contribution in [0.25, 0.3) is 0 Å². The molecular weight excluding hydrogens is 987 g/mol. The number of carbonyl (C=O) groups excluding carboxylic acids is 2. The molecule has 0 aromatic carbocycles. The van der Waals surface area contributed by atoms with Crippen LogP contribution in [0.5, 0.6) is 0 Å². The van der Waals surface area contributed by atoms with E-state index in [9.17, 15) is 43.8 Å². The standard InChI is InChI=1S/C57H106O15P2/c1-3-5-7-9-11-13-15-17-19-21-23-25-27-29-31-33-35-37-39-41-43-45-56(61)67-47-53(58)49-69-73(63,64)71-51-55(60)52-72-74(65,66)70-50-54(59)48-68-57(62)46-44-42-40-38-36-34-32-30-28-26-24-22-20-18-16-14-12-10-8-6-4-2/h11-14,17-20,53-55,58-60H,3-10,15-16,21-52H2,1-2H3,(H,63,64)(H,65,66)/b13-11-,14-12-,19-17-,20-18-. The van der Waals surface area contributed by atoms with E-state index in [1.54, 1.807) is 0 Å². The van der Waals surface area contributed by atoms with Crippen LogP contribution in [-0.4, -0.2) is 95.0 Å². The van der Waals surface area contributed by atoms with Crippen molar-refractivity contribution in [2.75, 3.05) is 39.6 Å². The largest absolute Gasteiger partial charge is 0.472 e. The zero-order chi connectivity index (χ0) is 54.5. The van der Waals surface area contributed by atoms with Gasteiger partial charge in [-0.25, -0.2) is 9.13 Å². The van der Waals surface area contributed by atoms with Gasteiger partial charge in [-0.05, 0) is 77.0 Å². The molecule has 0 aliphatic rings. The van der Waals surface area contributed by atoms with Crippen molar-refractivity contribution in [2.24, 2.45) is 0 Å². The fourth-order valence-electron chi connectivity index (χ4n) is 7.75. The monoisotopic (exact) mass is 1090 g/mol. The minimum atomic E-state index is -4.79. The van der Waals surface area contributed by atoms with E-state index in [2.05, 4.69) is 71.5 Å². The molecule has 0 bridgehead atoms. The molecule has 0 heterocycles. The SMILES string of the molecule is CCCCC/C=C\C/C=C\CCCCCCCCCCCCCC(=O)OCC(O)COP(=O)(O)OCC(O)COP(=O)(O)OCC(O)COC(=O)CCCCCCCCCCCCC/C=C\C/C=C\CCCCC. The van der Waals surface area contributed by atoms with Crippen molar-refractivity contribution in [3.05, 3.63) is 48.6 Å². The van der Waals surface area contributed by atoms with Crippen LogP contribution in [0.4, 0.5) is 0 Å². The number of ether oxygens (including phenoxy) is 2. The second kappa shape index (κ2) is 53.0. The predicted octanol–water partition coefficient (Wildman–Crippen LogP) is 14.7. The number of phosphoric ester groups is 2. The van der Waals surface area contributed by atoms with Gasteiger partial charge in [0.1, 0.15) is 31.5 Å². The molecule has 0 spiro atoms. The van der Waals surface area contributed by atoms with E-state index in [4.69, 9.17) is 18.5 Å². The summed E-state index contributed by atoms with van der Waals surface area (Å²) in [5.41, 5.74) is 0. The first kappa shape index (κ1) is 72.0. The summed E-state index contributed by atoms with van der Waals surface area (Å²) in [6.45, 7) is 0.416. The van der Waals surface area contributed by atoms with Crippen molar-refractivity contribution >= 4 is 27.6 Å². The molecule has 74 heavy (non-hydrogen) atoms. The lowest BCUT2D eigenvalue weighted by molar-refractivity contribution is -0.148. The summed E-state index contributed by atoms with van der Waals surface area (Å²) < 4.78 is 53.3. The number of aliphatic hydroxyl groups excluding tert-OH is 3. The van der Waals surface area contributed by atoms with Gasteiger partial charge in [0, 0.05) is 12.8 Å². The number of unbranched alkanes of at least 4 members (excludes halogenated alkanes) is 28. The summed E-state index contributed by atoms with van der Waals surface area (Å²) in [5, 5.41) is 30.2. The predicted molar refractivity (Wildman–Crippen MR) is 298 cm³/mol. The molecule has 0 aromatic heterocycles. The summed E-state index contributed by atoms with van der Waals surface area (Å²) in [4.78, 5) is 44.0. The fraction of sp³-hybridized carbons (Fsp3) is 0.825. The van der Waals surface area contributed by atoms with Crippen molar-refractivity contribution in [1.82, 2.24) is 0 Å². The Labute approximate surface area is 448 Å². The maximum absolute atomic E-state index is 12.2. The second-order valence-corrected chi connectivity index (χ2v) is 22.6. The molecule has 4 atom stereocenters. The van der Waals surface area contributed by atoms with Gasteiger partial charge in [0.25, 0.3) is 0 Å². The Bertz CT molecular complexity index is 1400. The van der Waals surface area contributed by atoms with E-state index in [0.717, 1.165) is 64.2 Å². The van der Waals surface area contributed by atoms with Crippen molar-refractivity contribution in [3.8, 4) is 0 Å². The summed E-state index contributed by atoms with van der Waals surface area (Å²) in [6, 6.07) is 0. The zero-order valence-corrected chi connectivity index (χ0v) is 48.1. The summed E-state index contributed by atoms with van der Waals surface area (Å²) in [5.74, 6) is -0.993. The van der Waals surface area contributed by atoms with E-state index in [0.29, 0.717) is 12.8 Å². The lowest BCUT2D eigenvalue weighted by Crippen LogP contribution is -2.25. The Kier molecular flexibility index (Phi) is 51.6. The Morgan fingerprint density at radius 2 is 0.581 bits per heavy atom. The van der Waals surface area contributed by atoms with Gasteiger partial charge in [0.2, 0.25) is 0 Å². The minimum absolute atomic E-state index is 0.195. The molecule has 0 aliphatic carbocycles. The Morgan fingerprint density at radius 3 is 0.851 bits per heavy atom. The molecular formula is C57H106O15P2. The number of esters is 2. The van der Waals surface area contributed by atoms with Crippen LogP contribution in [-0.2, 0) is 46.3 Å².